The third kappa shape index (κ3) is 3.29. The summed E-state index contributed by atoms with van der Waals surface area (Å²) in [5.74, 6) is 1.11. The van der Waals surface area contributed by atoms with Crippen LogP contribution in [-0.2, 0) is 0 Å². The van der Waals surface area contributed by atoms with Crippen LogP contribution < -0.4 is 0 Å². The normalized spacial score (nSPS) is 11.4. The fourth-order valence-electron chi connectivity index (χ4n) is 1.45. The van der Waals surface area contributed by atoms with Gasteiger partial charge in [0.1, 0.15) is 5.82 Å². The van der Waals surface area contributed by atoms with Crippen molar-refractivity contribution < 1.29 is 0 Å². The highest BCUT2D eigenvalue weighted by atomic mass is 32.1. The van der Waals surface area contributed by atoms with E-state index in [4.69, 9.17) is 0 Å². The number of aromatic nitrogens is 2. The quantitative estimate of drug-likeness (QED) is 0.597. The van der Waals surface area contributed by atoms with Gasteiger partial charge in [0.05, 0.1) is 11.4 Å². The summed E-state index contributed by atoms with van der Waals surface area (Å²) < 4.78 is 4.23. The average Bonchev–Trinajstić information content (AvgIpc) is 2.86. The predicted molar refractivity (Wildman–Crippen MR) is 78.6 cm³/mol. The van der Waals surface area contributed by atoms with Crippen LogP contribution in [0.4, 0.5) is 16.5 Å². The Bertz CT molecular complexity index is 615. The second-order valence-corrected chi connectivity index (χ2v) is 5.15. The molecule has 0 fully saturated rings. The summed E-state index contributed by atoms with van der Waals surface area (Å²) in [5.41, 5.74) is 2.63. The number of rotatable bonds is 4. The minimum Gasteiger partial charge on any atom is -0.265 e. The molecule has 0 radical (unpaired) electrons. The second-order valence-electron chi connectivity index (χ2n) is 4.42. The number of aryl methyl sites for hydroxylation is 1. The molecule has 5 nitrogen and oxygen atoms in total. The van der Waals surface area contributed by atoms with Crippen molar-refractivity contribution in [3.8, 4) is 0 Å². The van der Waals surface area contributed by atoms with Crippen LogP contribution in [0.25, 0.3) is 0 Å². The first-order valence-electron chi connectivity index (χ1n) is 5.93. The third-order valence-electron chi connectivity index (χ3n) is 2.55. The van der Waals surface area contributed by atoms with Gasteiger partial charge in [0.15, 0.2) is 0 Å². The van der Waals surface area contributed by atoms with Crippen molar-refractivity contribution in [2.24, 2.45) is 15.2 Å². The van der Waals surface area contributed by atoms with Gasteiger partial charge in [0.2, 0.25) is 5.13 Å². The molecule has 0 saturated heterocycles. The highest BCUT2D eigenvalue weighted by molar-refractivity contribution is 7.09. The van der Waals surface area contributed by atoms with Gasteiger partial charge in [-0.15, -0.1) is 10.2 Å². The van der Waals surface area contributed by atoms with Gasteiger partial charge in [-0.25, -0.2) is 0 Å². The van der Waals surface area contributed by atoms with E-state index in [0.29, 0.717) is 11.0 Å². The van der Waals surface area contributed by atoms with E-state index in [1.54, 1.807) is 0 Å². The highest BCUT2D eigenvalue weighted by Gasteiger charge is 2.06. The lowest BCUT2D eigenvalue weighted by Crippen LogP contribution is -1.87. The number of hydrogen-bond donors (Lipinski definition) is 0. The van der Waals surface area contributed by atoms with Gasteiger partial charge < -0.3 is 0 Å². The number of benzene rings is 1. The Morgan fingerprint density at radius 2 is 2.05 bits per heavy atom. The second kappa shape index (κ2) is 5.79. The van der Waals surface area contributed by atoms with Crippen LogP contribution in [0.3, 0.4) is 0 Å². The van der Waals surface area contributed by atoms with Crippen LogP contribution >= 0.6 is 11.5 Å². The van der Waals surface area contributed by atoms with Crippen molar-refractivity contribution >= 4 is 34.8 Å². The summed E-state index contributed by atoms with van der Waals surface area (Å²) in [6.45, 7) is 9.55. The Morgan fingerprint density at radius 1 is 1.26 bits per heavy atom. The van der Waals surface area contributed by atoms with Gasteiger partial charge in [-0.2, -0.15) is 9.36 Å². The first-order chi connectivity index (χ1) is 9.10. The minimum atomic E-state index is 0.305. The Balaban J connectivity index is 2.19. The first kappa shape index (κ1) is 13.5. The van der Waals surface area contributed by atoms with Gasteiger partial charge in [0, 0.05) is 17.5 Å². The van der Waals surface area contributed by atoms with Gasteiger partial charge in [-0.1, -0.05) is 13.8 Å². The number of aliphatic imine (C=N–C) groups is 1. The summed E-state index contributed by atoms with van der Waals surface area (Å²) in [7, 11) is 0. The van der Waals surface area contributed by atoms with Crippen LogP contribution in [0, 0.1) is 6.92 Å². The third-order valence-corrected chi connectivity index (χ3v) is 3.17. The Labute approximate surface area is 116 Å². The molecule has 0 unspecified atom stereocenters. The predicted octanol–water partition coefficient (Wildman–Crippen LogP) is 4.72. The molecule has 2 aromatic rings. The number of nitrogens with zero attached hydrogens (tertiary/aromatic N) is 5. The highest BCUT2D eigenvalue weighted by Crippen LogP contribution is 2.27. The van der Waals surface area contributed by atoms with Crippen molar-refractivity contribution in [3.63, 3.8) is 0 Å². The Hall–Kier alpha value is -1.95. The summed E-state index contributed by atoms with van der Waals surface area (Å²) in [6.07, 6.45) is 0. The summed E-state index contributed by atoms with van der Waals surface area (Å²) in [4.78, 5) is 8.18. The molecule has 0 aliphatic rings. The zero-order chi connectivity index (χ0) is 13.8. The molecular formula is C13H15N5S. The maximum absolute atomic E-state index is 4.31. The zero-order valence-electron chi connectivity index (χ0n) is 11.2. The van der Waals surface area contributed by atoms with E-state index < -0.39 is 0 Å². The summed E-state index contributed by atoms with van der Waals surface area (Å²) >= 11 is 1.26. The molecule has 1 heterocycles. The maximum atomic E-state index is 4.31. The lowest BCUT2D eigenvalue weighted by molar-refractivity contribution is 0.798. The van der Waals surface area contributed by atoms with Crippen LogP contribution in [-0.4, -0.2) is 16.1 Å². The molecule has 0 spiro atoms. The Kier molecular flexibility index (Phi) is 4.11. The van der Waals surface area contributed by atoms with Crippen LogP contribution in [0.1, 0.15) is 31.2 Å². The van der Waals surface area contributed by atoms with E-state index >= 15 is 0 Å². The molecule has 6 heteroatoms. The molecule has 0 aliphatic heterocycles. The van der Waals surface area contributed by atoms with Crippen LogP contribution in [0.2, 0.25) is 0 Å². The summed E-state index contributed by atoms with van der Waals surface area (Å²) in [6, 6.07) is 5.64. The summed E-state index contributed by atoms with van der Waals surface area (Å²) in [5, 5.41) is 8.89. The molecule has 0 saturated carbocycles. The van der Waals surface area contributed by atoms with Gasteiger partial charge in [-0.3, -0.25) is 4.99 Å². The monoisotopic (exact) mass is 273 g/mol. The molecule has 19 heavy (non-hydrogen) atoms. The number of hydrogen-bond acceptors (Lipinski definition) is 6. The fourth-order valence-corrected chi connectivity index (χ4v) is 2.09. The van der Waals surface area contributed by atoms with Gasteiger partial charge in [0.25, 0.3) is 0 Å². The van der Waals surface area contributed by atoms with Crippen molar-refractivity contribution in [1.82, 2.24) is 9.36 Å². The van der Waals surface area contributed by atoms with E-state index in [1.165, 1.54) is 11.5 Å². The molecule has 2 rings (SSSR count). The van der Waals surface area contributed by atoms with Crippen LogP contribution in [0.5, 0.6) is 0 Å². The van der Waals surface area contributed by atoms with E-state index in [-0.39, 0.29) is 0 Å². The lowest BCUT2D eigenvalue weighted by atomic mass is 10.2. The molecule has 0 atom stereocenters. The molecule has 0 bridgehead atoms. The Morgan fingerprint density at radius 3 is 2.63 bits per heavy atom. The fraction of sp³-hybridized carbons (Fsp3) is 0.308. The van der Waals surface area contributed by atoms with Gasteiger partial charge in [-0.05, 0) is 37.4 Å². The molecular weight excluding hydrogens is 258 g/mol. The van der Waals surface area contributed by atoms with E-state index in [9.17, 15) is 0 Å². The van der Waals surface area contributed by atoms with Crippen molar-refractivity contribution in [1.29, 1.82) is 0 Å². The van der Waals surface area contributed by atoms with E-state index in [0.717, 1.165) is 22.8 Å². The molecule has 1 aromatic heterocycles. The topological polar surface area (TPSA) is 62.9 Å². The van der Waals surface area contributed by atoms with Crippen molar-refractivity contribution in [3.05, 3.63) is 29.6 Å². The van der Waals surface area contributed by atoms with E-state index in [2.05, 4.69) is 31.3 Å². The zero-order valence-corrected chi connectivity index (χ0v) is 12.0. The molecule has 0 N–H and O–H groups in total. The van der Waals surface area contributed by atoms with Crippen molar-refractivity contribution in [2.75, 3.05) is 0 Å². The first-order valence-corrected chi connectivity index (χ1v) is 6.70. The van der Waals surface area contributed by atoms with Gasteiger partial charge >= 0.3 is 0 Å². The van der Waals surface area contributed by atoms with E-state index in [1.807, 2.05) is 39.0 Å². The number of azo groups is 1. The SMILES string of the molecule is C=Nc1ccc(/N=N/c2nc(C(C)C)ns2)c(C)c1. The van der Waals surface area contributed by atoms with Crippen LogP contribution in [0.15, 0.2) is 33.4 Å². The standard InChI is InChI=1S/C13H15N5S/c1-8(2)12-15-13(19-18-12)17-16-11-6-5-10(14-4)7-9(11)3/h5-8H,4H2,1-3H3/b17-16+. The maximum Gasteiger partial charge on any atom is 0.249 e. The lowest BCUT2D eigenvalue weighted by Gasteiger charge is -1.99. The molecule has 1 aromatic carbocycles. The smallest absolute Gasteiger partial charge is 0.249 e. The largest absolute Gasteiger partial charge is 0.265 e. The molecule has 0 amide bonds. The van der Waals surface area contributed by atoms with Crippen molar-refractivity contribution in [2.45, 2.75) is 26.7 Å². The molecule has 0 aliphatic carbocycles. The molecule has 98 valence electrons. The average molecular weight is 273 g/mol. The minimum absolute atomic E-state index is 0.305.